The van der Waals surface area contributed by atoms with E-state index in [0.29, 0.717) is 41.4 Å². The molecular weight excluding hydrogens is 913 g/mol. The monoisotopic (exact) mass is 964 g/mol. The molecule has 7 atom stereocenters. The summed E-state index contributed by atoms with van der Waals surface area (Å²) in [6.07, 6.45) is 51.1. The van der Waals surface area contributed by atoms with E-state index in [1.54, 1.807) is 66.9 Å². The Balaban J connectivity index is 0.739. The molecule has 0 spiro atoms. The summed E-state index contributed by atoms with van der Waals surface area (Å²) < 4.78 is 0. The molecule has 0 heteroatoms. The van der Waals surface area contributed by atoms with Crippen molar-refractivity contribution >= 4 is 65.8 Å². The van der Waals surface area contributed by atoms with Crippen LogP contribution in [0.15, 0.2) is 238 Å². The fourth-order valence-electron chi connectivity index (χ4n) is 18.1. The summed E-state index contributed by atoms with van der Waals surface area (Å²) in [5, 5.41) is 8.20. The van der Waals surface area contributed by atoms with Gasteiger partial charge in [-0.3, -0.25) is 0 Å². The fraction of sp³-hybridized carbons (Fsp3) is 0.184. The molecule has 14 aliphatic carbocycles. The van der Waals surface area contributed by atoms with Gasteiger partial charge in [0.05, 0.1) is 0 Å². The van der Waals surface area contributed by atoms with Crippen LogP contribution in [0.3, 0.4) is 0 Å². The van der Waals surface area contributed by atoms with Crippen LogP contribution < -0.4 is 0 Å². The minimum atomic E-state index is 0.293. The van der Waals surface area contributed by atoms with Crippen molar-refractivity contribution in [2.45, 2.75) is 44.9 Å². The third kappa shape index (κ3) is 4.95. The predicted molar refractivity (Wildman–Crippen MR) is 316 cm³/mol. The maximum atomic E-state index is 2.73. The van der Waals surface area contributed by atoms with Crippen LogP contribution in [0.5, 0.6) is 0 Å². The van der Waals surface area contributed by atoms with Gasteiger partial charge in [0.2, 0.25) is 0 Å². The van der Waals surface area contributed by atoms with E-state index in [1.165, 1.54) is 105 Å². The summed E-state index contributed by atoms with van der Waals surface area (Å²) in [5.41, 5.74) is 37.5. The van der Waals surface area contributed by atoms with Gasteiger partial charge in [0.1, 0.15) is 0 Å². The molecule has 20 rings (SSSR count). The van der Waals surface area contributed by atoms with Crippen LogP contribution in [0.25, 0.3) is 88.0 Å². The van der Waals surface area contributed by atoms with Crippen molar-refractivity contribution in [2.75, 3.05) is 0 Å². The summed E-state index contributed by atoms with van der Waals surface area (Å²) in [5.74, 6) is 2.47. The summed E-state index contributed by atoms with van der Waals surface area (Å²) in [7, 11) is 0. The maximum Gasteiger partial charge on any atom is 0.0211 e. The van der Waals surface area contributed by atoms with Crippen LogP contribution in [0.2, 0.25) is 0 Å². The van der Waals surface area contributed by atoms with Gasteiger partial charge in [0.25, 0.3) is 0 Å². The second-order valence-electron chi connectivity index (χ2n) is 24.5. The first-order chi connectivity index (χ1) is 37.6. The quantitative estimate of drug-likeness (QED) is 0.154. The largest absolute Gasteiger partial charge is 0.0839 e. The van der Waals surface area contributed by atoms with Crippen molar-refractivity contribution < 1.29 is 0 Å². The zero-order valence-corrected chi connectivity index (χ0v) is 42.4. The minimum Gasteiger partial charge on any atom is -0.0839 e. The van der Waals surface area contributed by atoms with Crippen molar-refractivity contribution in [1.29, 1.82) is 0 Å². The van der Waals surface area contributed by atoms with Crippen LogP contribution in [0.4, 0.5) is 0 Å². The fourth-order valence-corrected chi connectivity index (χ4v) is 18.1. The second kappa shape index (κ2) is 14.0. The second-order valence-corrected chi connectivity index (χ2v) is 24.5. The van der Waals surface area contributed by atoms with Crippen LogP contribution in [0.1, 0.15) is 78.3 Å². The van der Waals surface area contributed by atoms with Gasteiger partial charge in [-0.15, -0.1) is 0 Å². The van der Waals surface area contributed by atoms with Crippen LogP contribution in [-0.2, 0) is 0 Å². The van der Waals surface area contributed by atoms with E-state index >= 15 is 0 Å². The van der Waals surface area contributed by atoms with E-state index < -0.39 is 0 Å². The van der Waals surface area contributed by atoms with Gasteiger partial charge >= 0.3 is 0 Å². The maximum absolute atomic E-state index is 2.73. The Bertz CT molecular complexity index is 4530. The molecule has 0 aromatic heterocycles. The molecule has 0 N–H and O–H groups in total. The molecule has 0 fully saturated rings. The van der Waals surface area contributed by atoms with E-state index in [9.17, 15) is 0 Å². The van der Waals surface area contributed by atoms with E-state index in [1.807, 2.05) is 0 Å². The first-order valence-electron chi connectivity index (χ1n) is 28.7. The highest BCUT2D eigenvalue weighted by Gasteiger charge is 2.49. The van der Waals surface area contributed by atoms with Crippen molar-refractivity contribution in [3.63, 3.8) is 0 Å². The van der Waals surface area contributed by atoms with Crippen LogP contribution in [0, 0.1) is 41.4 Å². The molecule has 0 saturated heterocycles. The normalized spacial score (nSPS) is 28.1. The van der Waals surface area contributed by atoms with E-state index in [-0.39, 0.29) is 0 Å². The molecule has 0 heterocycles. The van der Waals surface area contributed by atoms with Crippen LogP contribution in [-0.4, -0.2) is 0 Å². The molecule has 0 radical (unpaired) electrons. The molecule has 76 heavy (non-hydrogen) atoms. The molecule has 0 nitrogen and oxygen atoms in total. The van der Waals surface area contributed by atoms with Gasteiger partial charge in [0.15, 0.2) is 0 Å². The molecule has 0 bridgehead atoms. The number of allylic oxidation sites excluding steroid dienone is 32. The number of fused-ring (bicyclic) bond motifs is 18. The number of rotatable bonds is 1. The van der Waals surface area contributed by atoms with Gasteiger partial charge in [-0.25, -0.2) is 0 Å². The Morgan fingerprint density at radius 3 is 1.36 bits per heavy atom. The van der Waals surface area contributed by atoms with Gasteiger partial charge in [-0.05, 0) is 265 Å². The van der Waals surface area contributed by atoms with Gasteiger partial charge in [-0.2, -0.15) is 0 Å². The van der Waals surface area contributed by atoms with Gasteiger partial charge < -0.3 is 0 Å². The zero-order chi connectivity index (χ0) is 48.8. The Labute approximate surface area is 443 Å². The highest BCUT2D eigenvalue weighted by molar-refractivity contribution is 6.18. The molecule has 356 valence electrons. The highest BCUT2D eigenvalue weighted by atomic mass is 14.5. The van der Waals surface area contributed by atoms with E-state index in [2.05, 4.69) is 188 Å². The Hall–Kier alpha value is -8.06. The van der Waals surface area contributed by atoms with Crippen molar-refractivity contribution in [1.82, 2.24) is 0 Å². The summed E-state index contributed by atoms with van der Waals surface area (Å²) >= 11 is 0. The number of hydrogen-bond donors (Lipinski definition) is 0. The Kier molecular flexibility index (Phi) is 7.44. The van der Waals surface area contributed by atoms with Gasteiger partial charge in [0, 0.05) is 41.4 Å². The SMILES string of the molecule is C1=CC2C=C(C3CC=CC4=C3C=C3c5cc6cc7c(cc6cc5C5=CC6=C(C=CCC6)C4C53)C3=CC4=C(C=CCC4)C4C5=C(C=C7C34)CCC=C5)C=C3c4cc5cc6c(cc5cc4C(=C1)C32)-c1cccc2cccc-6c12. The van der Waals surface area contributed by atoms with Crippen molar-refractivity contribution in [3.8, 4) is 22.3 Å². The molecule has 0 amide bonds. The number of hydrogen-bond acceptors (Lipinski definition) is 0. The first kappa shape index (κ1) is 40.3. The molecule has 14 aliphatic rings. The first-order valence-corrected chi connectivity index (χ1v) is 28.7. The summed E-state index contributed by atoms with van der Waals surface area (Å²) in [4.78, 5) is 0. The zero-order valence-electron chi connectivity index (χ0n) is 42.4. The molecule has 0 aliphatic heterocycles. The molecule has 0 saturated carbocycles. The lowest BCUT2D eigenvalue weighted by Crippen LogP contribution is -2.29. The topological polar surface area (TPSA) is 0 Å². The minimum absolute atomic E-state index is 0.293. The summed E-state index contributed by atoms with van der Waals surface area (Å²) in [6.45, 7) is 0. The van der Waals surface area contributed by atoms with Crippen LogP contribution >= 0.6 is 0 Å². The van der Waals surface area contributed by atoms with E-state index in [0.717, 1.165) is 44.9 Å². The molecular formula is C76H52. The van der Waals surface area contributed by atoms with Crippen molar-refractivity contribution in [3.05, 3.63) is 272 Å². The predicted octanol–water partition coefficient (Wildman–Crippen LogP) is 18.9. The highest BCUT2D eigenvalue weighted by Crippen LogP contribution is 2.65. The third-order valence-corrected chi connectivity index (χ3v) is 21.1. The smallest absolute Gasteiger partial charge is 0.0211 e. The van der Waals surface area contributed by atoms with Crippen molar-refractivity contribution in [2.24, 2.45) is 41.4 Å². The Morgan fingerprint density at radius 1 is 0.355 bits per heavy atom. The molecule has 6 aromatic rings. The number of benzene rings is 6. The Morgan fingerprint density at radius 2 is 0.816 bits per heavy atom. The molecule has 6 aromatic carbocycles. The average molecular weight is 965 g/mol. The standard InChI is InChI=1S/C76H52/c1-4-17-50-40(11-1)26-67-61-33-46-35-63-64(36-47(46)34-62(61)68-27-41-12-2-5-18-51(41)73(50)75(67)68)70-38-65-49(20-10-24-56(65)74-52-19-6-3-13-42(52)28-69(63)76(70)74)48-25-43-16-9-23-55-59-31-44-29-57-53-21-7-14-39-15-8-22-54(71(39)53)58(57)30-45(44)32-60(59)66(37-48)72(43)55/h4-10,14-19,21-38,43,49,72-76H,1-3,11-13,20H2. The third-order valence-electron chi connectivity index (χ3n) is 21.1. The lowest BCUT2D eigenvalue weighted by atomic mass is 9.62. The lowest BCUT2D eigenvalue weighted by molar-refractivity contribution is 0.596. The average Bonchev–Trinajstić information content (AvgIpc) is 4.25. The molecule has 7 unspecified atom stereocenters. The lowest BCUT2D eigenvalue weighted by Gasteiger charge is -2.42. The van der Waals surface area contributed by atoms with E-state index in [4.69, 9.17) is 0 Å². The summed E-state index contributed by atoms with van der Waals surface area (Å²) in [6, 6.07) is 34.2. The van der Waals surface area contributed by atoms with Gasteiger partial charge in [-0.1, -0.05) is 140 Å².